The lowest BCUT2D eigenvalue weighted by Crippen LogP contribution is -2.38. The van der Waals surface area contributed by atoms with Crippen LogP contribution in [0.3, 0.4) is 0 Å². The maximum absolute atomic E-state index is 13.7. The average molecular weight is 440 g/mol. The van der Waals surface area contributed by atoms with E-state index in [0.29, 0.717) is 23.4 Å². The zero-order valence-electron chi connectivity index (χ0n) is 17.6. The normalized spacial score (nSPS) is 20.1. The third kappa shape index (κ3) is 3.20. The fourth-order valence-corrected chi connectivity index (χ4v) is 4.77. The number of furan rings is 3. The standard InChI is InChI=1S/C26H20N2O5/c29-20-15-16(21-8-3-11-31-21)14-18-24(20)25(22-9-4-12-32-22)28(26(30)23-10-5-13-33-23)19-7-2-1-6-17(19)27-18/h1-13,16,25,27H,14-15H2/t16-,25-/m0/s1. The van der Waals surface area contributed by atoms with E-state index in [-0.39, 0.29) is 29.8 Å². The predicted octanol–water partition coefficient (Wildman–Crippen LogP) is 5.68. The molecule has 1 amide bonds. The Kier molecular flexibility index (Phi) is 4.54. The summed E-state index contributed by atoms with van der Waals surface area (Å²) in [6, 6.07) is 17.3. The molecule has 33 heavy (non-hydrogen) atoms. The van der Waals surface area contributed by atoms with E-state index in [1.54, 1.807) is 41.7 Å². The maximum atomic E-state index is 13.7. The molecule has 2 aliphatic rings. The summed E-state index contributed by atoms with van der Waals surface area (Å²) in [7, 11) is 0. The van der Waals surface area contributed by atoms with Gasteiger partial charge in [0.15, 0.2) is 11.5 Å². The van der Waals surface area contributed by atoms with E-state index in [2.05, 4.69) is 5.32 Å². The number of hydrogen-bond acceptors (Lipinski definition) is 6. The van der Waals surface area contributed by atoms with E-state index in [0.717, 1.165) is 17.1 Å². The van der Waals surface area contributed by atoms with Crippen LogP contribution in [0.5, 0.6) is 0 Å². The van der Waals surface area contributed by atoms with Gasteiger partial charge in [-0.3, -0.25) is 14.5 Å². The van der Waals surface area contributed by atoms with Crippen molar-refractivity contribution >= 4 is 23.1 Å². The van der Waals surface area contributed by atoms with Gasteiger partial charge in [-0.2, -0.15) is 0 Å². The molecule has 164 valence electrons. The number of anilines is 2. The smallest absolute Gasteiger partial charge is 0.294 e. The van der Waals surface area contributed by atoms with E-state index < -0.39 is 6.04 Å². The second-order valence-electron chi connectivity index (χ2n) is 8.15. The molecule has 1 N–H and O–H groups in total. The summed E-state index contributed by atoms with van der Waals surface area (Å²) in [5.41, 5.74) is 2.64. The van der Waals surface area contributed by atoms with E-state index in [9.17, 15) is 9.59 Å². The highest BCUT2D eigenvalue weighted by molar-refractivity contribution is 6.10. The van der Waals surface area contributed by atoms with Crippen LogP contribution in [0.15, 0.2) is 104 Å². The number of carbonyl (C=O) groups excluding carboxylic acids is 2. The van der Waals surface area contributed by atoms with E-state index >= 15 is 0 Å². The van der Waals surface area contributed by atoms with Crippen molar-refractivity contribution in [2.45, 2.75) is 24.8 Å². The lowest BCUT2D eigenvalue weighted by atomic mass is 9.81. The lowest BCUT2D eigenvalue weighted by molar-refractivity contribution is -0.116. The number of fused-ring (bicyclic) bond motifs is 1. The Morgan fingerprint density at radius 2 is 1.58 bits per heavy atom. The summed E-state index contributed by atoms with van der Waals surface area (Å²) in [4.78, 5) is 29.0. The predicted molar refractivity (Wildman–Crippen MR) is 120 cm³/mol. The van der Waals surface area contributed by atoms with Gasteiger partial charge in [-0.1, -0.05) is 12.1 Å². The first kappa shape index (κ1) is 19.4. The van der Waals surface area contributed by atoms with E-state index in [1.807, 2.05) is 36.4 Å². The molecule has 0 unspecified atom stereocenters. The Hall–Kier alpha value is -4.26. The molecule has 2 atom stereocenters. The number of para-hydroxylation sites is 2. The molecule has 4 heterocycles. The van der Waals surface area contributed by atoms with Gasteiger partial charge in [0.25, 0.3) is 5.91 Å². The highest BCUT2D eigenvalue weighted by Crippen LogP contribution is 2.47. The third-order valence-corrected chi connectivity index (χ3v) is 6.20. The molecule has 7 nitrogen and oxygen atoms in total. The van der Waals surface area contributed by atoms with Crippen molar-refractivity contribution in [1.29, 1.82) is 0 Å². The van der Waals surface area contributed by atoms with Crippen molar-refractivity contribution in [1.82, 2.24) is 0 Å². The maximum Gasteiger partial charge on any atom is 0.294 e. The molecule has 0 fully saturated rings. The number of benzene rings is 1. The number of carbonyl (C=O) groups is 2. The van der Waals surface area contributed by atoms with Crippen LogP contribution in [0.2, 0.25) is 0 Å². The minimum atomic E-state index is -0.742. The van der Waals surface area contributed by atoms with Gasteiger partial charge in [0.2, 0.25) is 0 Å². The first-order valence-corrected chi connectivity index (χ1v) is 10.8. The van der Waals surface area contributed by atoms with Gasteiger partial charge >= 0.3 is 0 Å². The fourth-order valence-electron chi connectivity index (χ4n) is 4.77. The van der Waals surface area contributed by atoms with Crippen molar-refractivity contribution in [3.8, 4) is 0 Å². The molecule has 3 aromatic heterocycles. The quantitative estimate of drug-likeness (QED) is 0.441. The summed E-state index contributed by atoms with van der Waals surface area (Å²) < 4.78 is 16.8. The molecule has 1 aliphatic carbocycles. The number of rotatable bonds is 3. The Morgan fingerprint density at radius 1 is 0.848 bits per heavy atom. The Bertz CT molecular complexity index is 1330. The molecule has 0 saturated carbocycles. The monoisotopic (exact) mass is 440 g/mol. The number of Topliss-reactive ketones (excluding diaryl/α,β-unsaturated/α-hetero) is 1. The second-order valence-corrected chi connectivity index (χ2v) is 8.15. The average Bonchev–Trinajstić information content (AvgIpc) is 3.61. The van der Waals surface area contributed by atoms with Crippen LogP contribution in [-0.2, 0) is 4.79 Å². The van der Waals surface area contributed by atoms with Crippen LogP contribution in [0.4, 0.5) is 11.4 Å². The number of ketones is 1. The molecule has 4 aromatic rings. The first-order chi connectivity index (χ1) is 16.2. The number of hydrogen-bond donors (Lipinski definition) is 1. The first-order valence-electron chi connectivity index (χ1n) is 10.8. The highest BCUT2D eigenvalue weighted by Gasteiger charge is 2.43. The largest absolute Gasteiger partial charge is 0.469 e. The molecule has 0 bridgehead atoms. The molecule has 0 radical (unpaired) electrons. The second kappa shape index (κ2) is 7.70. The summed E-state index contributed by atoms with van der Waals surface area (Å²) in [5, 5.41) is 3.46. The summed E-state index contributed by atoms with van der Waals surface area (Å²) in [6.45, 7) is 0. The van der Waals surface area contributed by atoms with Crippen LogP contribution in [0.1, 0.15) is 46.9 Å². The number of nitrogens with one attached hydrogen (secondary N) is 1. The van der Waals surface area contributed by atoms with Gasteiger partial charge < -0.3 is 18.6 Å². The third-order valence-electron chi connectivity index (χ3n) is 6.20. The van der Waals surface area contributed by atoms with E-state index in [1.165, 1.54) is 6.26 Å². The van der Waals surface area contributed by atoms with E-state index in [4.69, 9.17) is 13.3 Å². The molecule has 7 heteroatoms. The molecule has 0 spiro atoms. The molecular weight excluding hydrogens is 420 g/mol. The number of amides is 1. The van der Waals surface area contributed by atoms with Gasteiger partial charge in [0.1, 0.15) is 17.6 Å². The zero-order valence-corrected chi connectivity index (χ0v) is 17.6. The number of nitrogens with zero attached hydrogens (tertiary/aromatic N) is 1. The molecule has 1 aromatic carbocycles. The highest BCUT2D eigenvalue weighted by atomic mass is 16.3. The molecule has 1 aliphatic heterocycles. The molecule has 6 rings (SSSR count). The number of allylic oxidation sites excluding steroid dienone is 1. The van der Waals surface area contributed by atoms with Crippen molar-refractivity contribution in [2.24, 2.45) is 0 Å². The summed E-state index contributed by atoms with van der Waals surface area (Å²) in [5.74, 6) is 0.956. The van der Waals surface area contributed by atoms with Crippen molar-refractivity contribution in [3.63, 3.8) is 0 Å². The zero-order chi connectivity index (χ0) is 22.4. The van der Waals surface area contributed by atoms with Gasteiger partial charge in [-0.15, -0.1) is 0 Å². The Morgan fingerprint density at radius 3 is 2.30 bits per heavy atom. The minimum absolute atomic E-state index is 0.0587. The van der Waals surface area contributed by atoms with Gasteiger partial charge in [-0.25, -0.2) is 0 Å². The van der Waals surface area contributed by atoms with Crippen molar-refractivity contribution in [3.05, 3.63) is 108 Å². The topological polar surface area (TPSA) is 88.8 Å². The Labute approximate surface area is 189 Å². The van der Waals surface area contributed by atoms with Crippen LogP contribution < -0.4 is 10.2 Å². The van der Waals surface area contributed by atoms with Crippen LogP contribution in [0, 0.1) is 0 Å². The van der Waals surface area contributed by atoms with Crippen LogP contribution in [-0.4, -0.2) is 11.7 Å². The van der Waals surface area contributed by atoms with Gasteiger partial charge in [0, 0.05) is 23.6 Å². The van der Waals surface area contributed by atoms with Crippen molar-refractivity contribution < 1.29 is 22.8 Å². The molecular formula is C26H20N2O5. The summed E-state index contributed by atoms with van der Waals surface area (Å²) in [6.07, 6.45) is 5.48. The van der Waals surface area contributed by atoms with Gasteiger partial charge in [0.05, 0.1) is 30.2 Å². The Balaban J connectivity index is 1.56. The van der Waals surface area contributed by atoms with Crippen molar-refractivity contribution in [2.75, 3.05) is 10.2 Å². The fraction of sp³-hybridized carbons (Fsp3) is 0.154. The molecule has 0 saturated heterocycles. The summed E-state index contributed by atoms with van der Waals surface area (Å²) >= 11 is 0. The minimum Gasteiger partial charge on any atom is -0.469 e. The SMILES string of the molecule is O=C1C[C@@H](c2ccco2)CC2=C1[C@H](c1ccco1)N(C(=O)c1ccco1)c1ccccc1N2. The van der Waals surface area contributed by atoms with Crippen LogP contribution >= 0.6 is 0 Å². The van der Waals surface area contributed by atoms with Gasteiger partial charge in [-0.05, 0) is 55.0 Å². The lowest BCUT2D eigenvalue weighted by Gasteiger charge is -2.32. The van der Waals surface area contributed by atoms with Crippen LogP contribution in [0.25, 0.3) is 0 Å².